The van der Waals surface area contributed by atoms with Crippen molar-refractivity contribution >= 4 is 32.9 Å². The van der Waals surface area contributed by atoms with Gasteiger partial charge in [0, 0.05) is 5.56 Å². The van der Waals surface area contributed by atoms with Gasteiger partial charge >= 0.3 is 6.18 Å². The highest BCUT2D eigenvalue weighted by Crippen LogP contribution is 2.31. The van der Waals surface area contributed by atoms with Gasteiger partial charge in [0.05, 0.1) is 22.0 Å². The van der Waals surface area contributed by atoms with Crippen LogP contribution in [-0.2, 0) is 6.18 Å². The molecule has 1 N–H and O–H groups in total. The SMILES string of the molecule is Cc1ccc(OCCOc2cccc(C(F)(F)F)c2)c(/C=N\Nc2nc3ccccc3s2)c1. The summed E-state index contributed by atoms with van der Waals surface area (Å²) in [6, 6.07) is 18.2. The van der Waals surface area contributed by atoms with Gasteiger partial charge in [-0.2, -0.15) is 18.3 Å². The number of halogens is 3. The van der Waals surface area contributed by atoms with E-state index >= 15 is 0 Å². The molecule has 0 saturated carbocycles. The Hall–Kier alpha value is -3.59. The molecule has 0 bridgehead atoms. The minimum absolute atomic E-state index is 0.0930. The fraction of sp³-hybridized carbons (Fsp3) is 0.167. The number of rotatable bonds is 8. The van der Waals surface area contributed by atoms with Crippen LogP contribution in [0.5, 0.6) is 11.5 Å². The molecule has 0 spiro atoms. The number of benzene rings is 3. The van der Waals surface area contributed by atoms with Gasteiger partial charge < -0.3 is 9.47 Å². The first kappa shape index (κ1) is 22.6. The topological polar surface area (TPSA) is 55.7 Å². The molecule has 33 heavy (non-hydrogen) atoms. The number of ether oxygens (including phenoxy) is 2. The minimum Gasteiger partial charge on any atom is -0.490 e. The molecular formula is C24H20F3N3O2S. The summed E-state index contributed by atoms with van der Waals surface area (Å²) >= 11 is 1.50. The lowest BCUT2D eigenvalue weighted by Crippen LogP contribution is -2.11. The summed E-state index contributed by atoms with van der Waals surface area (Å²) in [7, 11) is 0. The summed E-state index contributed by atoms with van der Waals surface area (Å²) in [6.45, 7) is 2.21. The van der Waals surface area contributed by atoms with Crippen molar-refractivity contribution in [1.82, 2.24) is 4.98 Å². The second-order valence-corrected chi connectivity index (χ2v) is 8.15. The van der Waals surface area contributed by atoms with Gasteiger partial charge in [0.1, 0.15) is 24.7 Å². The molecule has 4 aromatic rings. The first-order chi connectivity index (χ1) is 15.9. The number of para-hydroxylation sites is 1. The van der Waals surface area contributed by atoms with Crippen molar-refractivity contribution < 1.29 is 22.6 Å². The Labute approximate surface area is 192 Å². The molecule has 170 valence electrons. The van der Waals surface area contributed by atoms with Gasteiger partial charge in [-0.1, -0.05) is 41.2 Å². The molecule has 3 aromatic carbocycles. The van der Waals surface area contributed by atoms with Crippen molar-refractivity contribution in [3.63, 3.8) is 0 Å². The number of anilines is 1. The second kappa shape index (κ2) is 9.91. The Morgan fingerprint density at radius 2 is 1.82 bits per heavy atom. The highest BCUT2D eigenvalue weighted by atomic mass is 32.1. The maximum atomic E-state index is 12.8. The van der Waals surface area contributed by atoms with E-state index in [9.17, 15) is 13.2 Å². The molecule has 9 heteroatoms. The molecule has 0 fully saturated rings. The molecule has 0 atom stereocenters. The Balaban J connectivity index is 1.35. The number of nitrogens with zero attached hydrogens (tertiary/aromatic N) is 2. The normalized spacial score (nSPS) is 11.8. The van der Waals surface area contributed by atoms with Crippen LogP contribution < -0.4 is 14.9 Å². The van der Waals surface area contributed by atoms with Crippen LogP contribution in [0.1, 0.15) is 16.7 Å². The van der Waals surface area contributed by atoms with Gasteiger partial charge in [0.15, 0.2) is 0 Å². The van der Waals surface area contributed by atoms with E-state index in [1.54, 1.807) is 6.21 Å². The number of alkyl halides is 3. The summed E-state index contributed by atoms with van der Waals surface area (Å²) in [6.07, 6.45) is -2.77. The summed E-state index contributed by atoms with van der Waals surface area (Å²) < 4.78 is 50.7. The van der Waals surface area contributed by atoms with E-state index in [0.717, 1.165) is 33.5 Å². The summed E-state index contributed by atoms with van der Waals surface area (Å²) in [5.41, 5.74) is 4.88. The Kier molecular flexibility index (Phi) is 6.79. The Bertz CT molecular complexity index is 1240. The van der Waals surface area contributed by atoms with Crippen LogP contribution in [0.3, 0.4) is 0 Å². The number of nitrogens with one attached hydrogen (secondary N) is 1. The number of aryl methyl sites for hydroxylation is 1. The van der Waals surface area contributed by atoms with Crippen LogP contribution in [0, 0.1) is 6.92 Å². The monoisotopic (exact) mass is 471 g/mol. The predicted octanol–water partition coefficient (Wildman–Crippen LogP) is 6.53. The van der Waals surface area contributed by atoms with E-state index in [0.29, 0.717) is 10.9 Å². The van der Waals surface area contributed by atoms with Crippen molar-refractivity contribution in [2.75, 3.05) is 18.6 Å². The lowest BCUT2D eigenvalue weighted by molar-refractivity contribution is -0.137. The maximum Gasteiger partial charge on any atom is 0.416 e. The molecule has 5 nitrogen and oxygen atoms in total. The van der Waals surface area contributed by atoms with Crippen LogP contribution in [0.4, 0.5) is 18.3 Å². The number of aromatic nitrogens is 1. The van der Waals surface area contributed by atoms with Crippen LogP contribution in [0.2, 0.25) is 0 Å². The van der Waals surface area contributed by atoms with Crippen LogP contribution >= 0.6 is 11.3 Å². The van der Waals surface area contributed by atoms with E-state index in [2.05, 4.69) is 15.5 Å². The zero-order chi connectivity index (χ0) is 23.3. The van der Waals surface area contributed by atoms with Crippen molar-refractivity contribution in [2.45, 2.75) is 13.1 Å². The minimum atomic E-state index is -4.41. The maximum absolute atomic E-state index is 12.8. The van der Waals surface area contributed by atoms with E-state index < -0.39 is 11.7 Å². The molecule has 0 aliphatic heterocycles. The number of hydrogen-bond donors (Lipinski definition) is 1. The van der Waals surface area contributed by atoms with Gasteiger partial charge in [0.25, 0.3) is 0 Å². The first-order valence-corrected chi connectivity index (χ1v) is 10.9. The number of fused-ring (bicyclic) bond motifs is 1. The summed E-state index contributed by atoms with van der Waals surface area (Å²) in [5, 5.41) is 4.95. The lowest BCUT2D eigenvalue weighted by Gasteiger charge is -2.12. The molecule has 1 aromatic heterocycles. The summed E-state index contributed by atoms with van der Waals surface area (Å²) in [4.78, 5) is 4.47. The van der Waals surface area contributed by atoms with Gasteiger partial charge in [-0.15, -0.1) is 0 Å². The van der Waals surface area contributed by atoms with Crippen molar-refractivity contribution in [1.29, 1.82) is 0 Å². The molecule has 1 heterocycles. The standard InChI is InChI=1S/C24H20F3N3O2S/c1-16-9-10-21(32-12-11-31-19-6-4-5-18(14-19)24(25,26)27)17(13-16)15-28-30-23-29-20-7-2-3-8-22(20)33-23/h2-10,13-15H,11-12H2,1H3,(H,29,30)/b28-15-. The molecule has 0 aliphatic rings. The number of thiazole rings is 1. The van der Waals surface area contributed by atoms with Crippen LogP contribution in [0.15, 0.2) is 71.8 Å². The smallest absolute Gasteiger partial charge is 0.416 e. The average Bonchev–Trinajstić information content (AvgIpc) is 3.20. The second-order valence-electron chi connectivity index (χ2n) is 7.12. The van der Waals surface area contributed by atoms with Gasteiger partial charge in [-0.3, -0.25) is 5.43 Å². The van der Waals surface area contributed by atoms with E-state index in [4.69, 9.17) is 9.47 Å². The molecule has 0 amide bonds. The van der Waals surface area contributed by atoms with Crippen LogP contribution in [-0.4, -0.2) is 24.4 Å². The van der Waals surface area contributed by atoms with E-state index in [1.807, 2.05) is 49.4 Å². The van der Waals surface area contributed by atoms with E-state index in [-0.39, 0.29) is 19.0 Å². The molecule has 0 aliphatic carbocycles. The lowest BCUT2D eigenvalue weighted by atomic mass is 10.1. The third-order valence-corrected chi connectivity index (χ3v) is 5.54. The Morgan fingerprint density at radius 1 is 1.00 bits per heavy atom. The zero-order valence-corrected chi connectivity index (χ0v) is 18.4. The molecular weight excluding hydrogens is 451 g/mol. The van der Waals surface area contributed by atoms with Crippen molar-refractivity contribution in [2.24, 2.45) is 5.10 Å². The third kappa shape index (κ3) is 6.01. The molecule has 0 saturated heterocycles. The predicted molar refractivity (Wildman–Crippen MR) is 124 cm³/mol. The summed E-state index contributed by atoms with van der Waals surface area (Å²) in [5.74, 6) is 0.724. The fourth-order valence-electron chi connectivity index (χ4n) is 3.05. The fourth-order valence-corrected chi connectivity index (χ4v) is 3.87. The van der Waals surface area contributed by atoms with Gasteiger partial charge in [-0.05, 0) is 49.4 Å². The highest BCUT2D eigenvalue weighted by molar-refractivity contribution is 7.22. The van der Waals surface area contributed by atoms with Gasteiger partial charge in [-0.25, -0.2) is 4.98 Å². The van der Waals surface area contributed by atoms with E-state index in [1.165, 1.54) is 23.5 Å². The number of hydrogen-bond acceptors (Lipinski definition) is 6. The largest absolute Gasteiger partial charge is 0.490 e. The average molecular weight is 472 g/mol. The molecule has 0 unspecified atom stereocenters. The first-order valence-electron chi connectivity index (χ1n) is 10.1. The molecule has 4 rings (SSSR count). The quantitative estimate of drug-likeness (QED) is 0.180. The Morgan fingerprint density at radius 3 is 2.64 bits per heavy atom. The van der Waals surface area contributed by atoms with Crippen molar-refractivity contribution in [3.8, 4) is 11.5 Å². The third-order valence-electron chi connectivity index (χ3n) is 4.59. The number of hydrazone groups is 1. The van der Waals surface area contributed by atoms with Crippen LogP contribution in [0.25, 0.3) is 10.2 Å². The molecule has 0 radical (unpaired) electrons. The van der Waals surface area contributed by atoms with Crippen molar-refractivity contribution in [3.05, 3.63) is 83.4 Å². The highest BCUT2D eigenvalue weighted by Gasteiger charge is 2.30. The zero-order valence-electron chi connectivity index (χ0n) is 17.6. The van der Waals surface area contributed by atoms with Gasteiger partial charge in [0.2, 0.25) is 5.13 Å².